The van der Waals surface area contributed by atoms with Crippen LogP contribution in [0.3, 0.4) is 0 Å². The summed E-state index contributed by atoms with van der Waals surface area (Å²) in [7, 11) is 1.77. The topological polar surface area (TPSA) is 47.3 Å². The summed E-state index contributed by atoms with van der Waals surface area (Å²) in [5, 5.41) is 3.64. The second-order valence-electron chi connectivity index (χ2n) is 4.38. The predicted octanol–water partition coefficient (Wildman–Crippen LogP) is 1.27. The summed E-state index contributed by atoms with van der Waals surface area (Å²) in [4.78, 5) is 0. The van der Waals surface area contributed by atoms with Gasteiger partial charge >= 0.3 is 0 Å². The van der Waals surface area contributed by atoms with E-state index in [9.17, 15) is 0 Å². The van der Waals surface area contributed by atoms with Crippen molar-refractivity contribution in [2.75, 3.05) is 13.7 Å². The van der Waals surface area contributed by atoms with Crippen LogP contribution in [0.25, 0.3) is 0 Å². The Balaban J connectivity index is 2.24. The van der Waals surface area contributed by atoms with Crippen molar-refractivity contribution in [3.63, 3.8) is 0 Å². The lowest BCUT2D eigenvalue weighted by molar-refractivity contribution is 0.156. The highest BCUT2D eigenvalue weighted by atomic mass is 16.5. The third-order valence-corrected chi connectivity index (χ3v) is 2.95. The van der Waals surface area contributed by atoms with Gasteiger partial charge < -0.3 is 15.8 Å². The zero-order chi connectivity index (χ0) is 10.4. The lowest BCUT2D eigenvalue weighted by Gasteiger charge is -2.21. The molecule has 1 aliphatic carbocycles. The number of hydrogen-bond acceptors (Lipinski definition) is 3. The molecule has 84 valence electrons. The molecule has 1 fully saturated rings. The van der Waals surface area contributed by atoms with Crippen LogP contribution in [0, 0.1) is 0 Å². The fourth-order valence-corrected chi connectivity index (χ4v) is 2.27. The van der Waals surface area contributed by atoms with Crippen molar-refractivity contribution in [2.45, 2.75) is 57.2 Å². The molecule has 0 heterocycles. The first-order valence-corrected chi connectivity index (χ1v) is 5.76. The summed E-state index contributed by atoms with van der Waals surface area (Å²) in [6.45, 7) is 3.03. The Bertz CT molecular complexity index is 146. The molecule has 1 rings (SSSR count). The van der Waals surface area contributed by atoms with Crippen molar-refractivity contribution in [1.82, 2.24) is 5.32 Å². The van der Waals surface area contributed by atoms with Crippen LogP contribution < -0.4 is 11.1 Å². The molecule has 0 aliphatic heterocycles. The number of nitrogens with one attached hydrogen (secondary N) is 1. The van der Waals surface area contributed by atoms with Crippen molar-refractivity contribution in [2.24, 2.45) is 5.73 Å². The Kier molecular flexibility index (Phi) is 5.45. The minimum absolute atomic E-state index is 0.414. The normalized spacial score (nSPS) is 29.4. The van der Waals surface area contributed by atoms with Gasteiger partial charge in [0.25, 0.3) is 0 Å². The quantitative estimate of drug-likeness (QED) is 0.679. The molecule has 3 heteroatoms. The molecular weight excluding hydrogens is 176 g/mol. The van der Waals surface area contributed by atoms with E-state index < -0.39 is 0 Å². The van der Waals surface area contributed by atoms with Crippen molar-refractivity contribution < 1.29 is 4.74 Å². The monoisotopic (exact) mass is 200 g/mol. The van der Waals surface area contributed by atoms with Crippen LogP contribution in [-0.2, 0) is 4.74 Å². The maximum absolute atomic E-state index is 5.88. The molecule has 3 N–H and O–H groups in total. The Labute approximate surface area is 87.4 Å². The van der Waals surface area contributed by atoms with Crippen LogP contribution in [0.4, 0.5) is 0 Å². The van der Waals surface area contributed by atoms with Gasteiger partial charge in [-0.15, -0.1) is 0 Å². The first-order chi connectivity index (χ1) is 6.76. The number of ether oxygens (including phenoxy) is 1. The van der Waals surface area contributed by atoms with E-state index in [2.05, 4.69) is 12.2 Å². The Morgan fingerprint density at radius 1 is 1.50 bits per heavy atom. The lowest BCUT2D eigenvalue weighted by Crippen LogP contribution is -2.40. The molecule has 3 unspecified atom stereocenters. The number of methoxy groups -OCH3 is 1. The van der Waals surface area contributed by atoms with E-state index in [1.807, 2.05) is 0 Å². The van der Waals surface area contributed by atoms with E-state index in [1.165, 1.54) is 25.7 Å². The second kappa shape index (κ2) is 6.38. The van der Waals surface area contributed by atoms with Gasteiger partial charge in [-0.05, 0) is 25.7 Å². The van der Waals surface area contributed by atoms with E-state index >= 15 is 0 Å². The molecule has 0 aromatic rings. The maximum Gasteiger partial charge on any atom is 0.0615 e. The van der Waals surface area contributed by atoms with Crippen LogP contribution in [-0.4, -0.2) is 31.8 Å². The van der Waals surface area contributed by atoms with Crippen LogP contribution in [0.2, 0.25) is 0 Å². The molecule has 0 radical (unpaired) electrons. The zero-order valence-corrected chi connectivity index (χ0v) is 9.46. The molecule has 14 heavy (non-hydrogen) atoms. The molecule has 0 aromatic carbocycles. The lowest BCUT2D eigenvalue weighted by atomic mass is 10.1. The molecule has 3 nitrogen and oxygen atoms in total. The van der Waals surface area contributed by atoms with E-state index in [0.717, 1.165) is 13.0 Å². The molecule has 1 aliphatic rings. The predicted molar refractivity (Wildman–Crippen MR) is 59.3 cm³/mol. The minimum atomic E-state index is 0.414. The van der Waals surface area contributed by atoms with Gasteiger partial charge in [-0.25, -0.2) is 0 Å². The fraction of sp³-hybridized carbons (Fsp3) is 1.00. The summed E-state index contributed by atoms with van der Waals surface area (Å²) in [5.74, 6) is 0. The Morgan fingerprint density at radius 2 is 2.29 bits per heavy atom. The first kappa shape index (κ1) is 12.0. The van der Waals surface area contributed by atoms with Crippen LogP contribution in [0.15, 0.2) is 0 Å². The number of nitrogens with two attached hydrogens (primary N) is 1. The molecule has 3 atom stereocenters. The second-order valence-corrected chi connectivity index (χ2v) is 4.38. The van der Waals surface area contributed by atoms with Gasteiger partial charge in [0.05, 0.1) is 6.61 Å². The van der Waals surface area contributed by atoms with E-state index in [1.54, 1.807) is 7.11 Å². The molecule has 0 spiro atoms. The summed E-state index contributed by atoms with van der Waals surface area (Å²) in [6.07, 6.45) is 5.93. The zero-order valence-electron chi connectivity index (χ0n) is 9.46. The van der Waals surface area contributed by atoms with Crippen LogP contribution in [0.5, 0.6) is 0 Å². The number of hydrogen-bond donors (Lipinski definition) is 2. The highest BCUT2D eigenvalue weighted by Crippen LogP contribution is 2.18. The Hall–Kier alpha value is -0.120. The van der Waals surface area contributed by atoms with Crippen molar-refractivity contribution >= 4 is 0 Å². The fourth-order valence-electron chi connectivity index (χ4n) is 2.27. The average molecular weight is 200 g/mol. The van der Waals surface area contributed by atoms with Crippen molar-refractivity contribution in [3.05, 3.63) is 0 Å². The molecule has 0 saturated heterocycles. The summed E-state index contributed by atoms with van der Waals surface area (Å²) >= 11 is 0. The smallest absolute Gasteiger partial charge is 0.0615 e. The van der Waals surface area contributed by atoms with Crippen molar-refractivity contribution in [3.8, 4) is 0 Å². The third-order valence-electron chi connectivity index (χ3n) is 2.95. The minimum Gasteiger partial charge on any atom is -0.383 e. The van der Waals surface area contributed by atoms with Gasteiger partial charge in [0.1, 0.15) is 0 Å². The van der Waals surface area contributed by atoms with Crippen LogP contribution in [0.1, 0.15) is 39.0 Å². The molecule has 1 saturated carbocycles. The third kappa shape index (κ3) is 3.95. The average Bonchev–Trinajstić information content (AvgIpc) is 2.52. The molecular formula is C11H24N2O. The highest BCUT2D eigenvalue weighted by molar-refractivity contribution is 4.85. The SMILES string of the molecule is CCCC(COC)NC1CCC(N)C1. The highest BCUT2D eigenvalue weighted by Gasteiger charge is 2.23. The van der Waals surface area contributed by atoms with E-state index in [0.29, 0.717) is 18.1 Å². The van der Waals surface area contributed by atoms with Crippen molar-refractivity contribution in [1.29, 1.82) is 0 Å². The molecule has 0 aromatic heterocycles. The summed E-state index contributed by atoms with van der Waals surface area (Å²) in [6, 6.07) is 1.55. The van der Waals surface area contributed by atoms with E-state index in [-0.39, 0.29) is 0 Å². The standard InChI is InChI=1S/C11H24N2O/c1-3-4-11(8-14-2)13-10-6-5-9(12)7-10/h9-11,13H,3-8,12H2,1-2H3. The Morgan fingerprint density at radius 3 is 2.79 bits per heavy atom. The largest absolute Gasteiger partial charge is 0.383 e. The van der Waals surface area contributed by atoms with Gasteiger partial charge in [-0.1, -0.05) is 13.3 Å². The maximum atomic E-state index is 5.88. The number of rotatable bonds is 6. The van der Waals surface area contributed by atoms with E-state index in [4.69, 9.17) is 10.5 Å². The first-order valence-electron chi connectivity index (χ1n) is 5.76. The summed E-state index contributed by atoms with van der Waals surface area (Å²) in [5.41, 5.74) is 5.88. The summed E-state index contributed by atoms with van der Waals surface area (Å²) < 4.78 is 5.20. The van der Waals surface area contributed by atoms with Gasteiger partial charge in [-0.2, -0.15) is 0 Å². The van der Waals surface area contributed by atoms with Gasteiger partial charge in [0, 0.05) is 25.2 Å². The molecule has 0 bridgehead atoms. The molecule has 0 amide bonds. The van der Waals surface area contributed by atoms with Crippen LogP contribution >= 0.6 is 0 Å². The van der Waals surface area contributed by atoms with Gasteiger partial charge in [0.15, 0.2) is 0 Å². The van der Waals surface area contributed by atoms with Gasteiger partial charge in [-0.3, -0.25) is 0 Å². The van der Waals surface area contributed by atoms with Gasteiger partial charge in [0.2, 0.25) is 0 Å².